The molecule has 1 saturated carbocycles. The van der Waals surface area contributed by atoms with E-state index in [2.05, 4.69) is 56.4 Å². The largest absolute Gasteiger partial charge is 0.256 e. The molecule has 1 aliphatic rings. The highest BCUT2D eigenvalue weighted by Crippen LogP contribution is 2.33. The maximum atomic E-state index is 4.77. The van der Waals surface area contributed by atoms with Crippen molar-refractivity contribution in [2.45, 2.75) is 104 Å². The molecular formula is C29H43N. The number of nitrogens with zero attached hydrogens (tertiary/aromatic N) is 1. The number of pyridine rings is 1. The second-order valence-corrected chi connectivity index (χ2v) is 9.63. The number of aryl methyl sites for hydroxylation is 2. The molecule has 0 unspecified atom stereocenters. The van der Waals surface area contributed by atoms with Crippen LogP contribution in [-0.4, -0.2) is 4.98 Å². The molecule has 0 amide bonds. The van der Waals surface area contributed by atoms with E-state index in [9.17, 15) is 0 Å². The van der Waals surface area contributed by atoms with Gasteiger partial charge in [0.1, 0.15) is 0 Å². The summed E-state index contributed by atoms with van der Waals surface area (Å²) in [7, 11) is 0. The van der Waals surface area contributed by atoms with E-state index in [-0.39, 0.29) is 0 Å². The normalized spacial score (nSPS) is 19.1. The van der Waals surface area contributed by atoms with Crippen molar-refractivity contribution in [1.29, 1.82) is 0 Å². The Morgan fingerprint density at radius 1 is 0.667 bits per heavy atom. The lowest BCUT2D eigenvalue weighted by molar-refractivity contribution is 0.252. The first-order chi connectivity index (χ1) is 14.8. The average molecular weight is 406 g/mol. The summed E-state index contributed by atoms with van der Waals surface area (Å²) in [6.07, 6.45) is 21.2. The average Bonchev–Trinajstić information content (AvgIpc) is 2.79. The highest BCUT2D eigenvalue weighted by molar-refractivity contribution is 5.59. The zero-order chi connectivity index (χ0) is 21.0. The summed E-state index contributed by atoms with van der Waals surface area (Å²) in [6, 6.07) is 13.6. The van der Waals surface area contributed by atoms with Crippen molar-refractivity contribution in [2.24, 2.45) is 11.8 Å². The topological polar surface area (TPSA) is 12.9 Å². The summed E-state index contributed by atoms with van der Waals surface area (Å²) in [5, 5.41) is 0. The van der Waals surface area contributed by atoms with Crippen LogP contribution in [0.2, 0.25) is 0 Å². The number of aromatic nitrogens is 1. The molecule has 0 radical (unpaired) electrons. The van der Waals surface area contributed by atoms with Crippen molar-refractivity contribution >= 4 is 0 Å². The molecule has 1 aliphatic carbocycles. The monoisotopic (exact) mass is 405 g/mol. The van der Waals surface area contributed by atoms with E-state index >= 15 is 0 Å². The van der Waals surface area contributed by atoms with Crippen LogP contribution < -0.4 is 0 Å². The standard InChI is InChI=1S/C29H43N/c1-3-5-6-7-8-10-25-17-20-28(21-18-25)29-22-19-27(23-30-29)16-15-26-13-11-24(9-4-2)12-14-26/h17-24,26H,3-16H2,1-2H3/t24-,26-. The number of benzene rings is 1. The fourth-order valence-corrected chi connectivity index (χ4v) is 5.11. The van der Waals surface area contributed by atoms with Crippen LogP contribution in [0.4, 0.5) is 0 Å². The van der Waals surface area contributed by atoms with Crippen LogP contribution in [-0.2, 0) is 12.8 Å². The van der Waals surface area contributed by atoms with Gasteiger partial charge < -0.3 is 0 Å². The smallest absolute Gasteiger partial charge is 0.0702 e. The summed E-state index contributed by atoms with van der Waals surface area (Å²) in [4.78, 5) is 4.77. The predicted molar refractivity (Wildman–Crippen MR) is 131 cm³/mol. The molecule has 0 N–H and O–H groups in total. The number of rotatable bonds is 12. The van der Waals surface area contributed by atoms with E-state index in [4.69, 9.17) is 4.98 Å². The quantitative estimate of drug-likeness (QED) is 0.321. The van der Waals surface area contributed by atoms with Crippen molar-refractivity contribution < 1.29 is 0 Å². The lowest BCUT2D eigenvalue weighted by Gasteiger charge is -2.28. The van der Waals surface area contributed by atoms with Gasteiger partial charge in [-0.2, -0.15) is 0 Å². The summed E-state index contributed by atoms with van der Waals surface area (Å²) < 4.78 is 0. The van der Waals surface area contributed by atoms with Gasteiger partial charge in [0.15, 0.2) is 0 Å². The maximum absolute atomic E-state index is 4.77. The van der Waals surface area contributed by atoms with Crippen LogP contribution in [0.25, 0.3) is 11.3 Å². The van der Waals surface area contributed by atoms with Crippen LogP contribution in [0.1, 0.15) is 102 Å². The molecule has 0 saturated heterocycles. The third-order valence-electron chi connectivity index (χ3n) is 7.15. The molecule has 1 fully saturated rings. The van der Waals surface area contributed by atoms with Crippen molar-refractivity contribution in [3.63, 3.8) is 0 Å². The van der Waals surface area contributed by atoms with Gasteiger partial charge in [-0.05, 0) is 54.7 Å². The highest BCUT2D eigenvalue weighted by Gasteiger charge is 2.20. The van der Waals surface area contributed by atoms with Crippen LogP contribution in [0.5, 0.6) is 0 Å². The van der Waals surface area contributed by atoms with Crippen molar-refractivity contribution in [3.05, 3.63) is 53.7 Å². The Kier molecular flexibility index (Phi) is 9.93. The molecule has 0 spiro atoms. The van der Waals surface area contributed by atoms with Crippen molar-refractivity contribution in [3.8, 4) is 11.3 Å². The van der Waals surface area contributed by atoms with Crippen molar-refractivity contribution in [2.75, 3.05) is 0 Å². The van der Waals surface area contributed by atoms with Gasteiger partial charge in [-0.25, -0.2) is 0 Å². The summed E-state index contributed by atoms with van der Waals surface area (Å²) >= 11 is 0. The second-order valence-electron chi connectivity index (χ2n) is 9.63. The van der Waals surface area contributed by atoms with Gasteiger partial charge in [0.2, 0.25) is 0 Å². The maximum Gasteiger partial charge on any atom is 0.0702 e. The molecule has 1 aromatic carbocycles. The van der Waals surface area contributed by atoms with Gasteiger partial charge in [-0.1, -0.05) is 108 Å². The van der Waals surface area contributed by atoms with Gasteiger partial charge in [0.25, 0.3) is 0 Å². The summed E-state index contributed by atoms with van der Waals surface area (Å²) in [5.41, 5.74) is 5.21. The Balaban J connectivity index is 1.42. The fraction of sp³-hybridized carbons (Fsp3) is 0.621. The predicted octanol–water partition coefficient (Wildman–Crippen LogP) is 8.80. The van der Waals surface area contributed by atoms with Crippen LogP contribution >= 0.6 is 0 Å². The number of hydrogen-bond donors (Lipinski definition) is 0. The van der Waals surface area contributed by atoms with E-state index in [1.807, 2.05) is 0 Å². The first kappa shape index (κ1) is 23.0. The fourth-order valence-electron chi connectivity index (χ4n) is 5.11. The Bertz CT molecular complexity index is 692. The van der Waals surface area contributed by atoms with Gasteiger partial charge in [-0.3, -0.25) is 4.98 Å². The SMILES string of the molecule is CCCCCCCc1ccc(-c2ccc(CC[C@H]3CC[C@H](CCC)CC3)cn2)cc1. The third kappa shape index (κ3) is 7.56. The Morgan fingerprint density at radius 2 is 1.33 bits per heavy atom. The number of hydrogen-bond acceptors (Lipinski definition) is 1. The molecule has 0 bridgehead atoms. The highest BCUT2D eigenvalue weighted by atomic mass is 14.7. The van der Waals surface area contributed by atoms with Crippen LogP contribution in [0.3, 0.4) is 0 Å². The Morgan fingerprint density at radius 3 is 1.97 bits per heavy atom. The minimum Gasteiger partial charge on any atom is -0.256 e. The first-order valence-electron chi connectivity index (χ1n) is 12.8. The molecule has 3 rings (SSSR count). The third-order valence-corrected chi connectivity index (χ3v) is 7.15. The lowest BCUT2D eigenvalue weighted by atomic mass is 9.78. The molecule has 0 aliphatic heterocycles. The van der Waals surface area contributed by atoms with E-state index < -0.39 is 0 Å². The van der Waals surface area contributed by atoms with E-state index in [0.717, 1.165) is 17.5 Å². The molecule has 30 heavy (non-hydrogen) atoms. The van der Waals surface area contributed by atoms with Crippen LogP contribution in [0.15, 0.2) is 42.6 Å². The zero-order valence-electron chi connectivity index (χ0n) is 19.5. The van der Waals surface area contributed by atoms with Gasteiger partial charge in [0, 0.05) is 11.8 Å². The molecule has 2 aromatic rings. The van der Waals surface area contributed by atoms with Gasteiger partial charge in [0.05, 0.1) is 5.69 Å². The lowest BCUT2D eigenvalue weighted by Crippen LogP contribution is -2.15. The molecule has 164 valence electrons. The minimum atomic E-state index is 0.937. The molecular weight excluding hydrogens is 362 g/mol. The van der Waals surface area contributed by atoms with Gasteiger partial charge >= 0.3 is 0 Å². The minimum absolute atomic E-state index is 0.937. The first-order valence-corrected chi connectivity index (χ1v) is 12.8. The van der Waals surface area contributed by atoms with Gasteiger partial charge in [-0.15, -0.1) is 0 Å². The number of unbranched alkanes of at least 4 members (excludes halogenated alkanes) is 4. The Hall–Kier alpha value is -1.63. The second kappa shape index (κ2) is 12.9. The molecule has 1 heteroatoms. The van der Waals surface area contributed by atoms with E-state index in [1.54, 1.807) is 0 Å². The molecule has 1 nitrogen and oxygen atoms in total. The summed E-state index contributed by atoms with van der Waals surface area (Å²) in [5.74, 6) is 1.95. The van der Waals surface area contributed by atoms with E-state index in [0.29, 0.717) is 0 Å². The summed E-state index contributed by atoms with van der Waals surface area (Å²) in [6.45, 7) is 4.60. The van der Waals surface area contributed by atoms with Crippen LogP contribution in [0, 0.1) is 11.8 Å². The molecule has 1 aromatic heterocycles. The van der Waals surface area contributed by atoms with Crippen molar-refractivity contribution in [1.82, 2.24) is 4.98 Å². The molecule has 1 heterocycles. The molecule has 0 atom stereocenters. The van der Waals surface area contributed by atoms with E-state index in [1.165, 1.54) is 107 Å². The Labute approximate surface area is 185 Å². The zero-order valence-corrected chi connectivity index (χ0v) is 19.5.